The molecule has 9 heteroatoms. The van der Waals surface area contributed by atoms with Gasteiger partial charge in [0.1, 0.15) is 17.6 Å². The Bertz CT molecular complexity index is 829. The van der Waals surface area contributed by atoms with E-state index in [1.165, 1.54) is 14.2 Å². The number of nitrogens with one attached hydrogen (secondary N) is 1. The Kier molecular flexibility index (Phi) is 4.95. The molecule has 150 valence electrons. The number of anilines is 1. The number of hydrogen-bond acceptors (Lipinski definition) is 7. The zero-order valence-corrected chi connectivity index (χ0v) is 16.9. The van der Waals surface area contributed by atoms with Crippen molar-refractivity contribution in [3.05, 3.63) is 18.2 Å². The molecular formula is C19H20BrNO7. The molecule has 2 saturated carbocycles. The van der Waals surface area contributed by atoms with Crippen LogP contribution in [0.5, 0.6) is 11.5 Å². The Morgan fingerprint density at radius 2 is 2.04 bits per heavy atom. The van der Waals surface area contributed by atoms with Gasteiger partial charge in [0.2, 0.25) is 0 Å². The van der Waals surface area contributed by atoms with Crippen molar-refractivity contribution in [1.82, 2.24) is 0 Å². The number of methoxy groups -OCH3 is 2. The van der Waals surface area contributed by atoms with E-state index in [-0.39, 0.29) is 28.7 Å². The van der Waals surface area contributed by atoms with Crippen molar-refractivity contribution < 1.29 is 33.3 Å². The van der Waals surface area contributed by atoms with Crippen LogP contribution in [-0.2, 0) is 23.9 Å². The lowest BCUT2D eigenvalue weighted by atomic mass is 9.80. The normalized spacial score (nSPS) is 32.0. The largest absolute Gasteiger partial charge is 0.497 e. The van der Waals surface area contributed by atoms with E-state index in [0.717, 1.165) is 6.42 Å². The maximum atomic E-state index is 12.6. The molecule has 6 atom stereocenters. The van der Waals surface area contributed by atoms with Crippen LogP contribution < -0.4 is 14.8 Å². The quantitative estimate of drug-likeness (QED) is 0.517. The Morgan fingerprint density at radius 1 is 1.25 bits per heavy atom. The highest BCUT2D eigenvalue weighted by Crippen LogP contribution is 2.60. The lowest BCUT2D eigenvalue weighted by Gasteiger charge is -2.26. The maximum Gasteiger partial charge on any atom is 0.310 e. The fraction of sp³-hybridized carbons (Fsp3) is 0.526. The molecule has 1 aromatic carbocycles. The van der Waals surface area contributed by atoms with Crippen LogP contribution in [0.3, 0.4) is 0 Å². The van der Waals surface area contributed by atoms with Gasteiger partial charge < -0.3 is 24.3 Å². The Balaban J connectivity index is 1.37. The highest BCUT2D eigenvalue weighted by Gasteiger charge is 2.68. The van der Waals surface area contributed by atoms with Crippen LogP contribution in [0, 0.1) is 23.7 Å². The molecular weight excluding hydrogens is 434 g/mol. The fourth-order valence-electron chi connectivity index (χ4n) is 4.62. The van der Waals surface area contributed by atoms with Crippen molar-refractivity contribution in [2.75, 3.05) is 26.1 Å². The molecule has 1 saturated heterocycles. The van der Waals surface area contributed by atoms with E-state index in [1.807, 2.05) is 0 Å². The molecule has 1 amide bonds. The first-order valence-corrected chi connectivity index (χ1v) is 9.89. The van der Waals surface area contributed by atoms with Crippen molar-refractivity contribution in [3.8, 4) is 11.5 Å². The predicted molar refractivity (Wildman–Crippen MR) is 100 cm³/mol. The first-order chi connectivity index (χ1) is 13.4. The van der Waals surface area contributed by atoms with Gasteiger partial charge in [-0.2, -0.15) is 0 Å². The number of amides is 1. The average Bonchev–Trinajstić information content (AvgIpc) is 3.30. The molecule has 3 aliphatic rings. The van der Waals surface area contributed by atoms with Crippen molar-refractivity contribution in [2.45, 2.75) is 17.4 Å². The summed E-state index contributed by atoms with van der Waals surface area (Å²) in [7, 11) is 3.01. The third-order valence-electron chi connectivity index (χ3n) is 5.82. The Labute approximate surface area is 170 Å². The fourth-order valence-corrected chi connectivity index (χ4v) is 5.66. The molecule has 3 fully saturated rings. The van der Waals surface area contributed by atoms with Gasteiger partial charge in [-0.1, -0.05) is 15.9 Å². The van der Waals surface area contributed by atoms with Crippen LogP contribution in [0.4, 0.5) is 5.69 Å². The van der Waals surface area contributed by atoms with Gasteiger partial charge >= 0.3 is 11.9 Å². The van der Waals surface area contributed by atoms with Gasteiger partial charge in [0.05, 0.1) is 36.6 Å². The number of alkyl halides is 1. The first-order valence-electron chi connectivity index (χ1n) is 8.97. The molecule has 0 aromatic heterocycles. The Morgan fingerprint density at radius 3 is 2.75 bits per heavy atom. The molecule has 0 spiro atoms. The molecule has 8 nitrogen and oxygen atoms in total. The number of esters is 2. The summed E-state index contributed by atoms with van der Waals surface area (Å²) < 4.78 is 21.0. The number of ether oxygens (including phenoxy) is 4. The topological polar surface area (TPSA) is 100 Å². The van der Waals surface area contributed by atoms with E-state index >= 15 is 0 Å². The molecule has 0 unspecified atom stereocenters. The number of carbonyl (C=O) groups excluding carboxylic acids is 3. The van der Waals surface area contributed by atoms with Crippen LogP contribution in [0.25, 0.3) is 0 Å². The molecule has 28 heavy (non-hydrogen) atoms. The average molecular weight is 454 g/mol. The van der Waals surface area contributed by atoms with Gasteiger partial charge in [-0.15, -0.1) is 0 Å². The number of rotatable bonds is 6. The molecule has 4 rings (SSSR count). The van der Waals surface area contributed by atoms with Gasteiger partial charge in [0, 0.05) is 12.0 Å². The SMILES string of the molecule is COc1ccc(NC(=O)COC(=O)[C@@H]2[C@H]3C[C@H]4[C@H](OC(=O)[C@H]42)[C@@H]3Br)c(OC)c1. The summed E-state index contributed by atoms with van der Waals surface area (Å²) in [5, 5.41) is 2.65. The molecule has 1 aromatic rings. The van der Waals surface area contributed by atoms with Crippen molar-refractivity contribution in [3.63, 3.8) is 0 Å². The molecule has 2 bridgehead atoms. The monoisotopic (exact) mass is 453 g/mol. The predicted octanol–water partition coefficient (Wildman–Crippen LogP) is 1.76. The van der Waals surface area contributed by atoms with E-state index in [2.05, 4.69) is 21.2 Å². The summed E-state index contributed by atoms with van der Waals surface area (Å²) in [6, 6.07) is 4.95. The summed E-state index contributed by atoms with van der Waals surface area (Å²) in [6.45, 7) is -0.444. The lowest BCUT2D eigenvalue weighted by Crippen LogP contribution is -2.39. The summed E-state index contributed by atoms with van der Waals surface area (Å²) in [5.41, 5.74) is 0.437. The summed E-state index contributed by atoms with van der Waals surface area (Å²) in [5.74, 6) is -1.34. The second-order valence-corrected chi connectivity index (χ2v) is 8.24. The standard InChI is InChI=1S/C19H20BrNO7/c1-25-8-3-4-11(12(5-8)26-2)21-13(22)7-27-18(23)14-9-6-10-15(14)19(24)28-17(10)16(9)20/h3-5,9-10,14-17H,6-7H2,1-2H3,(H,21,22)/t9-,10-,14-,15-,16-,17+/m1/s1. The molecule has 0 radical (unpaired) electrons. The molecule has 1 N–H and O–H groups in total. The number of fused-ring (bicyclic) bond motifs is 1. The smallest absolute Gasteiger partial charge is 0.310 e. The summed E-state index contributed by atoms with van der Waals surface area (Å²) in [4.78, 5) is 36.9. The minimum absolute atomic E-state index is 0.0105. The summed E-state index contributed by atoms with van der Waals surface area (Å²) >= 11 is 3.55. The van der Waals surface area contributed by atoms with Crippen LogP contribution >= 0.6 is 15.9 Å². The minimum Gasteiger partial charge on any atom is -0.497 e. The van der Waals surface area contributed by atoms with Gasteiger partial charge in [-0.05, 0) is 24.5 Å². The van der Waals surface area contributed by atoms with E-state index in [0.29, 0.717) is 17.2 Å². The number of hydrogen-bond donors (Lipinski definition) is 1. The van der Waals surface area contributed by atoms with Gasteiger partial charge in [0.25, 0.3) is 5.91 Å². The Hall–Kier alpha value is -2.29. The van der Waals surface area contributed by atoms with Crippen LogP contribution in [0.15, 0.2) is 18.2 Å². The molecule has 2 aliphatic carbocycles. The van der Waals surface area contributed by atoms with E-state index in [1.54, 1.807) is 18.2 Å². The maximum absolute atomic E-state index is 12.6. The number of halogens is 1. The van der Waals surface area contributed by atoms with E-state index in [4.69, 9.17) is 18.9 Å². The van der Waals surface area contributed by atoms with E-state index in [9.17, 15) is 14.4 Å². The van der Waals surface area contributed by atoms with Crippen LogP contribution in [-0.4, -0.2) is 49.6 Å². The number of carbonyl (C=O) groups is 3. The van der Waals surface area contributed by atoms with Gasteiger partial charge in [-0.3, -0.25) is 14.4 Å². The van der Waals surface area contributed by atoms with Crippen LogP contribution in [0.2, 0.25) is 0 Å². The second-order valence-electron chi connectivity index (χ2n) is 7.18. The molecule has 1 aliphatic heterocycles. The number of benzene rings is 1. The zero-order chi connectivity index (χ0) is 20.0. The third-order valence-corrected chi connectivity index (χ3v) is 7.02. The highest BCUT2D eigenvalue weighted by atomic mass is 79.9. The first kappa shape index (κ1) is 19.0. The lowest BCUT2D eigenvalue weighted by molar-refractivity contribution is -0.157. The van der Waals surface area contributed by atoms with Crippen LogP contribution in [0.1, 0.15) is 6.42 Å². The second kappa shape index (κ2) is 7.27. The zero-order valence-electron chi connectivity index (χ0n) is 15.3. The summed E-state index contributed by atoms with van der Waals surface area (Å²) in [6.07, 6.45) is 0.601. The van der Waals surface area contributed by atoms with Crippen molar-refractivity contribution in [2.24, 2.45) is 23.7 Å². The molecule has 1 heterocycles. The van der Waals surface area contributed by atoms with Crippen molar-refractivity contribution >= 4 is 39.5 Å². The van der Waals surface area contributed by atoms with Gasteiger partial charge in [-0.25, -0.2) is 0 Å². The van der Waals surface area contributed by atoms with E-state index < -0.39 is 30.3 Å². The highest BCUT2D eigenvalue weighted by molar-refractivity contribution is 9.09. The third kappa shape index (κ3) is 3.01. The van der Waals surface area contributed by atoms with Gasteiger partial charge in [0.15, 0.2) is 6.61 Å². The van der Waals surface area contributed by atoms with Crippen molar-refractivity contribution in [1.29, 1.82) is 0 Å². The minimum atomic E-state index is -0.566.